The lowest BCUT2D eigenvalue weighted by Crippen LogP contribution is -2.37. The maximum Gasteiger partial charge on any atom is 0.342 e. The van der Waals surface area contributed by atoms with E-state index in [9.17, 15) is 24.9 Å². The Morgan fingerprint density at radius 3 is 2.69 bits per heavy atom. The third-order valence-corrected chi connectivity index (χ3v) is 6.21. The number of aliphatic hydroxyl groups excluding tert-OH is 1. The van der Waals surface area contributed by atoms with Crippen molar-refractivity contribution in [3.63, 3.8) is 0 Å². The number of phenolic OH excluding ortho intramolecular Hbond substituents is 2. The van der Waals surface area contributed by atoms with Crippen LogP contribution in [0.5, 0.6) is 11.5 Å². The summed E-state index contributed by atoms with van der Waals surface area (Å²) in [5.41, 5.74) is 0.175. The van der Waals surface area contributed by atoms with Crippen molar-refractivity contribution in [2.45, 2.75) is 57.7 Å². The molecule has 1 saturated heterocycles. The van der Waals surface area contributed by atoms with E-state index < -0.39 is 29.7 Å². The van der Waals surface area contributed by atoms with Crippen LogP contribution in [0.15, 0.2) is 35.5 Å². The zero-order chi connectivity index (χ0) is 25.4. The highest BCUT2D eigenvalue weighted by Crippen LogP contribution is 2.37. The first-order chi connectivity index (χ1) is 16.8. The normalized spacial score (nSPS) is 24.7. The molecule has 9 nitrogen and oxygen atoms in total. The number of allylic oxidation sites excluding steroid dienone is 1. The van der Waals surface area contributed by atoms with E-state index >= 15 is 0 Å². The molecule has 1 aromatic carbocycles. The summed E-state index contributed by atoms with van der Waals surface area (Å²) in [5.74, 6) is -1.89. The van der Waals surface area contributed by atoms with E-state index in [0.717, 1.165) is 25.3 Å². The van der Waals surface area contributed by atoms with Gasteiger partial charge in [-0.3, -0.25) is 4.79 Å². The Morgan fingerprint density at radius 1 is 1.20 bits per heavy atom. The van der Waals surface area contributed by atoms with Gasteiger partial charge in [0.2, 0.25) is 0 Å². The quantitative estimate of drug-likeness (QED) is 0.325. The molecule has 2 aliphatic rings. The Labute approximate surface area is 209 Å². The minimum atomic E-state index is -0.817. The van der Waals surface area contributed by atoms with Crippen LogP contribution in [0.1, 0.15) is 54.9 Å². The van der Waals surface area contributed by atoms with Gasteiger partial charge in [-0.15, -0.1) is 0 Å². The summed E-state index contributed by atoms with van der Waals surface area (Å²) in [7, 11) is 0. The van der Waals surface area contributed by atoms with Gasteiger partial charge in [-0.05, 0) is 44.2 Å². The van der Waals surface area contributed by atoms with Crippen LogP contribution >= 0.6 is 11.6 Å². The number of aliphatic hydroxyl groups is 1. The second kappa shape index (κ2) is 12.6. The SMILES string of the molecule is C[C@@H]1C/C=C/[C@H](O)C/C=C/C(=N\OCC(=O)N2CCCCC2)Cc2c(Cl)c(O)cc(O)c2C(=O)O1. The number of benzene rings is 1. The Kier molecular flexibility index (Phi) is 9.56. The molecule has 2 aliphatic heterocycles. The molecule has 0 bridgehead atoms. The number of likely N-dealkylation sites (tertiary alicyclic amines) is 1. The number of hydrogen-bond acceptors (Lipinski definition) is 8. The molecule has 190 valence electrons. The molecule has 35 heavy (non-hydrogen) atoms. The second-order valence-electron chi connectivity index (χ2n) is 8.64. The summed E-state index contributed by atoms with van der Waals surface area (Å²) < 4.78 is 5.44. The lowest BCUT2D eigenvalue weighted by molar-refractivity contribution is -0.137. The van der Waals surface area contributed by atoms with Crippen LogP contribution in [-0.2, 0) is 20.8 Å². The summed E-state index contributed by atoms with van der Waals surface area (Å²) >= 11 is 6.31. The summed E-state index contributed by atoms with van der Waals surface area (Å²) in [5, 5.41) is 34.7. The number of aromatic hydroxyl groups is 2. The van der Waals surface area contributed by atoms with Crippen molar-refractivity contribution < 1.29 is 34.5 Å². The maximum absolute atomic E-state index is 12.9. The van der Waals surface area contributed by atoms with Crippen molar-refractivity contribution in [3.8, 4) is 11.5 Å². The van der Waals surface area contributed by atoms with Crippen molar-refractivity contribution in [1.29, 1.82) is 0 Å². The van der Waals surface area contributed by atoms with Gasteiger partial charge in [0.1, 0.15) is 23.2 Å². The van der Waals surface area contributed by atoms with E-state index in [4.69, 9.17) is 21.2 Å². The number of halogens is 1. The predicted molar refractivity (Wildman–Crippen MR) is 131 cm³/mol. The van der Waals surface area contributed by atoms with Crippen LogP contribution in [0, 0.1) is 0 Å². The zero-order valence-electron chi connectivity index (χ0n) is 19.7. The minimum absolute atomic E-state index is 0.101. The molecule has 0 radical (unpaired) electrons. The van der Waals surface area contributed by atoms with Gasteiger partial charge in [-0.25, -0.2) is 4.79 Å². The van der Waals surface area contributed by atoms with Crippen LogP contribution < -0.4 is 0 Å². The van der Waals surface area contributed by atoms with Crippen molar-refractivity contribution in [2.24, 2.45) is 5.16 Å². The molecule has 0 saturated carbocycles. The van der Waals surface area contributed by atoms with Gasteiger partial charge < -0.3 is 29.8 Å². The van der Waals surface area contributed by atoms with E-state index in [2.05, 4.69) is 5.16 Å². The number of oxime groups is 1. The number of piperidine rings is 1. The molecular formula is C25H31ClN2O7. The zero-order valence-corrected chi connectivity index (χ0v) is 20.4. The number of cyclic esters (lactones) is 1. The molecule has 1 aromatic rings. The third-order valence-electron chi connectivity index (χ3n) is 5.78. The molecule has 10 heteroatoms. The number of rotatable bonds is 3. The lowest BCUT2D eigenvalue weighted by Gasteiger charge is -2.26. The van der Waals surface area contributed by atoms with E-state index in [-0.39, 0.29) is 47.2 Å². The Bertz CT molecular complexity index is 1020. The molecule has 2 heterocycles. The smallest absolute Gasteiger partial charge is 0.342 e. The number of amides is 1. The van der Waals surface area contributed by atoms with Crippen LogP contribution in [0.25, 0.3) is 0 Å². The lowest BCUT2D eigenvalue weighted by atomic mass is 9.99. The maximum atomic E-state index is 12.9. The number of esters is 1. The van der Waals surface area contributed by atoms with Gasteiger partial charge in [-0.2, -0.15) is 0 Å². The van der Waals surface area contributed by atoms with Crippen molar-refractivity contribution in [1.82, 2.24) is 4.90 Å². The molecule has 0 spiro atoms. The summed E-state index contributed by atoms with van der Waals surface area (Å²) in [6.07, 6.45) is 8.79. The molecule has 0 aliphatic carbocycles. The number of ether oxygens (including phenoxy) is 1. The number of hydrogen-bond donors (Lipinski definition) is 3. The standard InChI is InChI=1S/C25H31ClN2O7/c1-16-7-5-9-18(29)10-6-8-17(27-34-15-22(32)28-11-3-2-4-12-28)13-19-23(25(33)35-16)20(30)14-21(31)24(19)26/h5-6,8-9,14,16,18,29-31H,2-4,7,10-13,15H2,1H3/b8-6+,9-5+,27-17+/t16-,18+/m1/s1. The van der Waals surface area contributed by atoms with E-state index in [1.165, 1.54) is 0 Å². The van der Waals surface area contributed by atoms with Gasteiger partial charge >= 0.3 is 5.97 Å². The first kappa shape index (κ1) is 26.6. The fraction of sp³-hybridized carbons (Fsp3) is 0.480. The predicted octanol–water partition coefficient (Wildman–Crippen LogP) is 3.49. The number of phenols is 2. The average molecular weight is 507 g/mol. The highest BCUT2D eigenvalue weighted by atomic mass is 35.5. The van der Waals surface area contributed by atoms with E-state index in [0.29, 0.717) is 19.5 Å². The van der Waals surface area contributed by atoms with E-state index in [1.54, 1.807) is 36.1 Å². The molecule has 0 unspecified atom stereocenters. The number of nitrogens with zero attached hydrogens (tertiary/aromatic N) is 2. The first-order valence-corrected chi connectivity index (χ1v) is 12.1. The third kappa shape index (κ3) is 7.47. The van der Waals surface area contributed by atoms with Gasteiger partial charge in [-0.1, -0.05) is 35.0 Å². The molecule has 0 aromatic heterocycles. The Balaban J connectivity index is 1.91. The number of fused-ring (bicyclic) bond motifs is 1. The Hall–Kier alpha value is -3.04. The van der Waals surface area contributed by atoms with Gasteiger partial charge in [0.15, 0.2) is 6.61 Å². The number of carbonyl (C=O) groups excluding carboxylic acids is 2. The molecule has 3 rings (SSSR count). The summed E-state index contributed by atoms with van der Waals surface area (Å²) in [4.78, 5) is 32.3. The molecule has 1 fully saturated rings. The van der Waals surface area contributed by atoms with Gasteiger partial charge in [0, 0.05) is 32.0 Å². The Morgan fingerprint density at radius 2 is 1.94 bits per heavy atom. The molecule has 2 atom stereocenters. The van der Waals surface area contributed by atoms with E-state index in [1.807, 2.05) is 0 Å². The van der Waals surface area contributed by atoms with Crippen LogP contribution in [0.2, 0.25) is 5.02 Å². The number of carbonyl (C=O) groups is 2. The molecule has 3 N–H and O–H groups in total. The monoisotopic (exact) mass is 506 g/mol. The molecule has 1 amide bonds. The average Bonchev–Trinajstić information content (AvgIpc) is 2.82. The fourth-order valence-corrected chi connectivity index (χ4v) is 4.14. The van der Waals surface area contributed by atoms with Crippen molar-refractivity contribution in [3.05, 3.63) is 46.5 Å². The van der Waals surface area contributed by atoms with Crippen LogP contribution in [0.3, 0.4) is 0 Å². The largest absolute Gasteiger partial charge is 0.507 e. The van der Waals surface area contributed by atoms with Gasteiger partial charge in [0.05, 0.1) is 16.8 Å². The highest BCUT2D eigenvalue weighted by Gasteiger charge is 2.26. The van der Waals surface area contributed by atoms with Gasteiger partial charge in [0.25, 0.3) is 5.91 Å². The van der Waals surface area contributed by atoms with Crippen molar-refractivity contribution in [2.75, 3.05) is 19.7 Å². The topological polar surface area (TPSA) is 129 Å². The van der Waals surface area contributed by atoms with Crippen LogP contribution in [0.4, 0.5) is 0 Å². The first-order valence-electron chi connectivity index (χ1n) is 11.7. The highest BCUT2D eigenvalue weighted by molar-refractivity contribution is 6.33. The van der Waals surface area contributed by atoms with Crippen molar-refractivity contribution >= 4 is 29.2 Å². The summed E-state index contributed by atoms with van der Waals surface area (Å²) in [6.45, 7) is 2.80. The fourth-order valence-electron chi connectivity index (χ4n) is 3.92. The molecular weight excluding hydrogens is 476 g/mol. The summed E-state index contributed by atoms with van der Waals surface area (Å²) in [6, 6.07) is 0.979. The minimum Gasteiger partial charge on any atom is -0.507 e. The second-order valence-corrected chi connectivity index (χ2v) is 9.02. The van der Waals surface area contributed by atoms with Crippen LogP contribution in [-0.4, -0.2) is 69.7 Å².